The molecule has 12 heteroatoms. The molecule has 2 heterocycles. The first kappa shape index (κ1) is 26.1. The number of amides is 4. The van der Waals surface area contributed by atoms with Gasteiger partial charge in [0, 0.05) is 0 Å². The molecule has 6 nitrogen and oxygen atoms in total. The van der Waals surface area contributed by atoms with Crippen molar-refractivity contribution >= 4 is 105 Å². The second-order valence-electron chi connectivity index (χ2n) is 10.5. The Morgan fingerprint density at radius 2 is 1.00 bits per heavy atom. The highest BCUT2D eigenvalue weighted by atomic mass is 35.5. The van der Waals surface area contributed by atoms with Gasteiger partial charge in [-0.15, -0.1) is 23.2 Å². The molecule has 0 unspecified atom stereocenters. The monoisotopic (exact) mass is 642 g/mol. The predicted molar refractivity (Wildman–Crippen MR) is 150 cm³/mol. The fraction of sp³-hybridized carbons (Fsp3) is 0.333. The first-order chi connectivity index (χ1) is 18.4. The molecule has 5 aliphatic rings. The normalized spacial score (nSPS) is 36.2. The van der Waals surface area contributed by atoms with Crippen molar-refractivity contribution in [3.8, 4) is 0 Å². The molecule has 2 bridgehead atoms. The van der Waals surface area contributed by atoms with Crippen LogP contribution in [-0.2, 0) is 9.59 Å². The van der Waals surface area contributed by atoms with Gasteiger partial charge in [-0.1, -0.05) is 58.5 Å². The summed E-state index contributed by atoms with van der Waals surface area (Å²) in [6.07, 6.45) is 0.423. The highest BCUT2D eigenvalue weighted by Crippen LogP contribution is 2.79. The summed E-state index contributed by atoms with van der Waals surface area (Å²) in [5.41, 5.74) is 1.30. The van der Waals surface area contributed by atoms with Crippen LogP contribution in [0.5, 0.6) is 0 Å². The Hall–Kier alpha value is -1.80. The molecule has 3 fully saturated rings. The smallest absolute Gasteiger partial charge is 0.266 e. The summed E-state index contributed by atoms with van der Waals surface area (Å²) in [5.74, 6) is -3.93. The average molecular weight is 645 g/mol. The van der Waals surface area contributed by atoms with Gasteiger partial charge < -0.3 is 0 Å². The maximum atomic E-state index is 13.6. The zero-order chi connectivity index (χ0) is 27.8. The van der Waals surface area contributed by atoms with Gasteiger partial charge in [-0.05, 0) is 61.1 Å². The molecule has 0 aromatic heterocycles. The van der Waals surface area contributed by atoms with E-state index in [1.165, 1.54) is 12.1 Å². The van der Waals surface area contributed by atoms with Crippen LogP contribution >= 0.6 is 69.6 Å². The largest absolute Gasteiger partial charge is 0.274 e. The van der Waals surface area contributed by atoms with Gasteiger partial charge in [0.2, 0.25) is 11.8 Å². The number of allylic oxidation sites excluding steroid dienone is 2. The molecule has 7 rings (SSSR count). The van der Waals surface area contributed by atoms with E-state index < -0.39 is 49.6 Å². The number of benzene rings is 2. The predicted octanol–water partition coefficient (Wildman–Crippen LogP) is 6.46. The standard InChI is InChI=1S/C27H16Cl6N2O4/c28-19-20(29)26(31)18-10-16-15(9-17(18)25(19,30)27(26,32)33)23(38)35(24(16)39)12-7-5-11(6-8-12)34-21(36)13-3-1-2-4-14(13)22(34)37/h1-8,15-18H,9-10H2/t15-,16-,17-,18+,25-,26-/m1/s1. The highest BCUT2D eigenvalue weighted by molar-refractivity contribution is 6.65. The number of carbonyl (C=O) groups excluding carboxylic acids is 4. The SMILES string of the molecule is O=C1c2ccccc2C(=O)N1c1ccc(N2C(=O)[C@@H]3C[C@@H]4[C@H](C[C@H]3C2=O)[C@@]2(Cl)C(Cl)=C(Cl)[C@@]4(Cl)C2(Cl)Cl)cc1. The number of nitrogens with zero attached hydrogens (tertiary/aromatic N) is 2. The third-order valence-corrected chi connectivity index (χ3v) is 13.3. The van der Waals surface area contributed by atoms with E-state index in [2.05, 4.69) is 0 Å². The van der Waals surface area contributed by atoms with Crippen molar-refractivity contribution in [2.24, 2.45) is 23.7 Å². The Labute approximate surface area is 252 Å². The fourth-order valence-corrected chi connectivity index (χ4v) is 10.3. The summed E-state index contributed by atoms with van der Waals surface area (Å²) < 4.78 is -1.73. The van der Waals surface area contributed by atoms with Crippen LogP contribution in [-0.4, -0.2) is 37.7 Å². The molecular formula is C27H16Cl6N2O4. The van der Waals surface area contributed by atoms with E-state index in [0.29, 0.717) is 22.5 Å². The van der Waals surface area contributed by atoms with Crippen molar-refractivity contribution in [3.05, 3.63) is 69.7 Å². The van der Waals surface area contributed by atoms with Gasteiger partial charge in [0.15, 0.2) is 4.33 Å². The number of hydrogen-bond acceptors (Lipinski definition) is 4. The molecule has 2 aromatic rings. The maximum Gasteiger partial charge on any atom is 0.266 e. The van der Waals surface area contributed by atoms with Gasteiger partial charge in [0.25, 0.3) is 11.8 Å². The highest BCUT2D eigenvalue weighted by Gasteiger charge is 2.83. The Balaban J connectivity index is 1.18. The van der Waals surface area contributed by atoms with Gasteiger partial charge in [0.1, 0.15) is 9.75 Å². The number of hydrogen-bond donors (Lipinski definition) is 0. The van der Waals surface area contributed by atoms with Crippen LogP contribution in [0.25, 0.3) is 0 Å². The molecule has 2 aromatic carbocycles. The zero-order valence-electron chi connectivity index (χ0n) is 19.6. The Bertz CT molecular complexity index is 1490. The summed E-state index contributed by atoms with van der Waals surface area (Å²) in [7, 11) is 0. The molecule has 0 N–H and O–H groups in total. The second-order valence-corrected chi connectivity index (χ2v) is 13.8. The molecule has 3 aliphatic carbocycles. The van der Waals surface area contributed by atoms with Gasteiger partial charge in [-0.2, -0.15) is 0 Å². The minimum atomic E-state index is -1.73. The van der Waals surface area contributed by atoms with Crippen LogP contribution in [0.3, 0.4) is 0 Å². The lowest BCUT2D eigenvalue weighted by atomic mass is 9.65. The third kappa shape index (κ3) is 2.88. The molecule has 0 spiro atoms. The van der Waals surface area contributed by atoms with Gasteiger partial charge >= 0.3 is 0 Å². The molecule has 2 saturated carbocycles. The summed E-state index contributed by atoms with van der Waals surface area (Å²) in [4.78, 5) is 52.1. The van der Waals surface area contributed by atoms with Gasteiger partial charge in [0.05, 0.1) is 44.4 Å². The van der Waals surface area contributed by atoms with E-state index in [0.717, 1.165) is 9.80 Å². The van der Waals surface area contributed by atoms with Crippen molar-refractivity contribution in [1.29, 1.82) is 0 Å². The zero-order valence-corrected chi connectivity index (χ0v) is 24.2. The Morgan fingerprint density at radius 1 is 0.615 bits per heavy atom. The summed E-state index contributed by atoms with van der Waals surface area (Å²) in [6, 6.07) is 12.7. The second kappa shape index (κ2) is 8.15. The minimum absolute atomic E-state index is 0.0721. The van der Waals surface area contributed by atoms with Crippen molar-refractivity contribution in [2.75, 3.05) is 9.80 Å². The third-order valence-electron chi connectivity index (χ3n) is 8.99. The summed E-state index contributed by atoms with van der Waals surface area (Å²) in [5, 5.41) is 0.144. The number of alkyl halides is 4. The average Bonchev–Trinajstić information content (AvgIpc) is 3.41. The molecular weight excluding hydrogens is 629 g/mol. The Kier molecular flexibility index (Phi) is 5.46. The molecule has 2 aliphatic heterocycles. The van der Waals surface area contributed by atoms with Crippen LogP contribution in [0.1, 0.15) is 33.6 Å². The first-order valence-electron chi connectivity index (χ1n) is 12.1. The molecule has 200 valence electrons. The number of anilines is 2. The lowest BCUT2D eigenvalue weighted by molar-refractivity contribution is -0.122. The Morgan fingerprint density at radius 3 is 1.41 bits per heavy atom. The van der Waals surface area contributed by atoms with E-state index in [-0.39, 0.29) is 34.7 Å². The van der Waals surface area contributed by atoms with Crippen LogP contribution in [0.4, 0.5) is 11.4 Å². The van der Waals surface area contributed by atoms with E-state index in [4.69, 9.17) is 69.6 Å². The lowest BCUT2D eigenvalue weighted by Crippen LogP contribution is -2.44. The summed E-state index contributed by atoms with van der Waals surface area (Å²) >= 11 is 40.3. The van der Waals surface area contributed by atoms with Crippen LogP contribution in [0, 0.1) is 23.7 Å². The van der Waals surface area contributed by atoms with Crippen molar-refractivity contribution in [3.63, 3.8) is 0 Å². The number of halogens is 6. The van der Waals surface area contributed by atoms with Crippen molar-refractivity contribution in [1.82, 2.24) is 0 Å². The van der Waals surface area contributed by atoms with Crippen LogP contribution < -0.4 is 9.80 Å². The molecule has 0 radical (unpaired) electrons. The number of carbonyl (C=O) groups is 4. The number of rotatable bonds is 2. The number of imide groups is 2. The molecule has 6 atom stereocenters. The topological polar surface area (TPSA) is 74.8 Å². The van der Waals surface area contributed by atoms with E-state index in [1.807, 2.05) is 0 Å². The van der Waals surface area contributed by atoms with Crippen molar-refractivity contribution in [2.45, 2.75) is 26.9 Å². The molecule has 39 heavy (non-hydrogen) atoms. The molecule has 1 saturated heterocycles. The maximum absolute atomic E-state index is 13.6. The first-order valence-corrected chi connectivity index (χ1v) is 14.4. The van der Waals surface area contributed by atoms with Crippen LogP contribution in [0.15, 0.2) is 58.6 Å². The van der Waals surface area contributed by atoms with Gasteiger partial charge in [-0.25, -0.2) is 4.90 Å². The molecule has 4 amide bonds. The van der Waals surface area contributed by atoms with E-state index in [1.54, 1.807) is 36.4 Å². The van der Waals surface area contributed by atoms with Gasteiger partial charge in [-0.3, -0.25) is 24.1 Å². The van der Waals surface area contributed by atoms with E-state index >= 15 is 0 Å². The number of fused-ring (bicyclic) bond motifs is 7. The minimum Gasteiger partial charge on any atom is -0.274 e. The van der Waals surface area contributed by atoms with E-state index in [9.17, 15) is 19.2 Å². The fourth-order valence-electron chi connectivity index (χ4n) is 7.15. The van der Waals surface area contributed by atoms with Crippen LogP contribution in [0.2, 0.25) is 0 Å². The van der Waals surface area contributed by atoms with Crippen molar-refractivity contribution < 1.29 is 19.2 Å². The lowest BCUT2D eigenvalue weighted by Gasteiger charge is -2.42. The quantitative estimate of drug-likeness (QED) is 0.278. The summed E-state index contributed by atoms with van der Waals surface area (Å²) in [6.45, 7) is 0.